The maximum Gasteiger partial charge on any atom is 0.123 e. The molecular formula is C16H18FN. The van der Waals surface area contributed by atoms with E-state index in [-0.39, 0.29) is 11.9 Å². The van der Waals surface area contributed by atoms with Crippen LogP contribution < -0.4 is 5.32 Å². The first-order valence-electron chi connectivity index (χ1n) is 6.15. The first-order chi connectivity index (χ1) is 8.61. The molecule has 0 aliphatic heterocycles. The van der Waals surface area contributed by atoms with E-state index in [1.807, 2.05) is 38.2 Å². The van der Waals surface area contributed by atoms with Crippen molar-refractivity contribution < 1.29 is 4.39 Å². The van der Waals surface area contributed by atoms with Gasteiger partial charge in [-0.3, -0.25) is 0 Å². The first-order valence-corrected chi connectivity index (χ1v) is 6.15. The molecule has 0 heterocycles. The second-order valence-electron chi connectivity index (χ2n) is 4.61. The average molecular weight is 243 g/mol. The molecule has 2 rings (SSSR count). The number of rotatable bonds is 3. The molecule has 18 heavy (non-hydrogen) atoms. The lowest BCUT2D eigenvalue weighted by Crippen LogP contribution is -2.13. The van der Waals surface area contributed by atoms with E-state index < -0.39 is 0 Å². The van der Waals surface area contributed by atoms with Gasteiger partial charge in [0.1, 0.15) is 5.82 Å². The van der Waals surface area contributed by atoms with Crippen molar-refractivity contribution in [2.45, 2.75) is 19.9 Å². The van der Waals surface area contributed by atoms with Crippen molar-refractivity contribution in [3.63, 3.8) is 0 Å². The van der Waals surface area contributed by atoms with Gasteiger partial charge in [-0.05, 0) is 49.7 Å². The van der Waals surface area contributed by atoms with Crippen LogP contribution in [0.1, 0.15) is 24.1 Å². The van der Waals surface area contributed by atoms with E-state index in [0.717, 1.165) is 16.7 Å². The number of aryl methyl sites for hydroxylation is 1. The van der Waals surface area contributed by atoms with Gasteiger partial charge in [0.05, 0.1) is 0 Å². The van der Waals surface area contributed by atoms with Gasteiger partial charge >= 0.3 is 0 Å². The summed E-state index contributed by atoms with van der Waals surface area (Å²) < 4.78 is 13.5. The average Bonchev–Trinajstić information content (AvgIpc) is 2.38. The van der Waals surface area contributed by atoms with Gasteiger partial charge in [-0.25, -0.2) is 4.39 Å². The lowest BCUT2D eigenvalue weighted by Gasteiger charge is -2.16. The molecule has 2 aromatic carbocycles. The van der Waals surface area contributed by atoms with E-state index in [9.17, 15) is 4.39 Å². The van der Waals surface area contributed by atoms with Gasteiger partial charge in [-0.2, -0.15) is 0 Å². The van der Waals surface area contributed by atoms with Gasteiger partial charge < -0.3 is 5.32 Å². The van der Waals surface area contributed by atoms with Crippen molar-refractivity contribution in [2.75, 3.05) is 7.05 Å². The van der Waals surface area contributed by atoms with Gasteiger partial charge in [-0.1, -0.05) is 35.9 Å². The third-order valence-electron chi connectivity index (χ3n) is 3.24. The molecule has 0 saturated heterocycles. The summed E-state index contributed by atoms with van der Waals surface area (Å²) in [6.07, 6.45) is 0. The molecular weight excluding hydrogens is 225 g/mol. The normalized spacial score (nSPS) is 12.4. The van der Waals surface area contributed by atoms with Gasteiger partial charge in [0.25, 0.3) is 0 Å². The van der Waals surface area contributed by atoms with Crippen molar-refractivity contribution in [2.24, 2.45) is 0 Å². The molecule has 0 aliphatic rings. The minimum Gasteiger partial charge on any atom is -0.313 e. The van der Waals surface area contributed by atoms with Gasteiger partial charge in [0, 0.05) is 6.04 Å². The second kappa shape index (κ2) is 5.32. The van der Waals surface area contributed by atoms with E-state index in [1.165, 1.54) is 11.6 Å². The fourth-order valence-electron chi connectivity index (χ4n) is 2.12. The van der Waals surface area contributed by atoms with E-state index in [0.29, 0.717) is 0 Å². The molecule has 2 heteroatoms. The maximum atomic E-state index is 13.5. The van der Waals surface area contributed by atoms with Crippen LogP contribution in [0.4, 0.5) is 4.39 Å². The van der Waals surface area contributed by atoms with Crippen LogP contribution in [0.5, 0.6) is 0 Å². The number of hydrogen-bond donors (Lipinski definition) is 1. The van der Waals surface area contributed by atoms with Crippen molar-refractivity contribution >= 4 is 0 Å². The minimum absolute atomic E-state index is 0.195. The van der Waals surface area contributed by atoms with Gasteiger partial charge in [0.2, 0.25) is 0 Å². The predicted octanol–water partition coefficient (Wildman–Crippen LogP) is 4.08. The third kappa shape index (κ3) is 2.59. The van der Waals surface area contributed by atoms with Crippen LogP contribution in [0.3, 0.4) is 0 Å². The van der Waals surface area contributed by atoms with Crippen LogP contribution in [-0.4, -0.2) is 7.05 Å². The molecule has 1 N–H and O–H groups in total. The van der Waals surface area contributed by atoms with Crippen LogP contribution in [0.2, 0.25) is 0 Å². The highest BCUT2D eigenvalue weighted by Gasteiger charge is 2.11. The summed E-state index contributed by atoms with van der Waals surface area (Å²) in [6, 6.07) is 13.3. The fraction of sp³-hybridized carbons (Fsp3) is 0.250. The zero-order valence-corrected chi connectivity index (χ0v) is 11.0. The van der Waals surface area contributed by atoms with Crippen molar-refractivity contribution in [1.29, 1.82) is 0 Å². The Kier molecular flexibility index (Phi) is 3.78. The summed E-state index contributed by atoms with van der Waals surface area (Å²) in [6.45, 7) is 4.12. The quantitative estimate of drug-likeness (QED) is 0.856. The zero-order chi connectivity index (χ0) is 13.1. The van der Waals surface area contributed by atoms with Crippen LogP contribution in [0.15, 0.2) is 42.5 Å². The highest BCUT2D eigenvalue weighted by atomic mass is 19.1. The summed E-state index contributed by atoms with van der Waals surface area (Å²) in [4.78, 5) is 0. The Balaban J connectivity index is 2.58. The lowest BCUT2D eigenvalue weighted by atomic mass is 9.94. The Morgan fingerprint density at radius 2 is 1.89 bits per heavy atom. The van der Waals surface area contributed by atoms with E-state index in [2.05, 4.69) is 18.3 Å². The standard InChI is InChI=1S/C16H18FN/c1-11-5-4-6-13(9-11)16-10-14(17)7-8-15(16)12(2)18-3/h4-10,12,18H,1-3H3. The molecule has 0 spiro atoms. The first kappa shape index (κ1) is 12.8. The maximum absolute atomic E-state index is 13.5. The molecule has 0 fully saturated rings. The monoisotopic (exact) mass is 243 g/mol. The second-order valence-corrected chi connectivity index (χ2v) is 4.61. The van der Waals surface area contributed by atoms with E-state index >= 15 is 0 Å². The number of nitrogens with one attached hydrogen (secondary N) is 1. The van der Waals surface area contributed by atoms with Gasteiger partial charge in [0.15, 0.2) is 0 Å². The molecule has 94 valence electrons. The summed E-state index contributed by atoms with van der Waals surface area (Å²) in [5.74, 6) is -0.196. The number of hydrogen-bond acceptors (Lipinski definition) is 1. The third-order valence-corrected chi connectivity index (χ3v) is 3.24. The molecule has 0 bridgehead atoms. The molecule has 0 amide bonds. The summed E-state index contributed by atoms with van der Waals surface area (Å²) in [7, 11) is 1.91. The number of halogens is 1. The molecule has 0 aromatic heterocycles. The topological polar surface area (TPSA) is 12.0 Å². The van der Waals surface area contributed by atoms with Crippen LogP contribution >= 0.6 is 0 Å². The Bertz CT molecular complexity index is 549. The van der Waals surface area contributed by atoms with E-state index in [4.69, 9.17) is 0 Å². The Hall–Kier alpha value is -1.67. The van der Waals surface area contributed by atoms with Crippen LogP contribution in [0.25, 0.3) is 11.1 Å². The highest BCUT2D eigenvalue weighted by Crippen LogP contribution is 2.29. The van der Waals surface area contributed by atoms with Crippen molar-refractivity contribution in [3.8, 4) is 11.1 Å². The molecule has 0 radical (unpaired) electrons. The largest absolute Gasteiger partial charge is 0.313 e. The summed E-state index contributed by atoms with van der Waals surface area (Å²) in [5.41, 5.74) is 4.32. The molecule has 1 nitrogen and oxygen atoms in total. The summed E-state index contributed by atoms with van der Waals surface area (Å²) >= 11 is 0. The molecule has 2 aromatic rings. The van der Waals surface area contributed by atoms with Crippen molar-refractivity contribution in [3.05, 3.63) is 59.4 Å². The highest BCUT2D eigenvalue weighted by molar-refractivity contribution is 5.68. The Morgan fingerprint density at radius 1 is 1.11 bits per heavy atom. The van der Waals surface area contributed by atoms with E-state index in [1.54, 1.807) is 6.07 Å². The number of benzene rings is 2. The Morgan fingerprint density at radius 3 is 2.56 bits per heavy atom. The summed E-state index contributed by atoms with van der Waals surface area (Å²) in [5, 5.41) is 3.20. The predicted molar refractivity (Wildman–Crippen MR) is 74.0 cm³/mol. The Labute approximate surface area is 108 Å². The molecule has 1 unspecified atom stereocenters. The van der Waals surface area contributed by atoms with Crippen LogP contribution in [0, 0.1) is 12.7 Å². The smallest absolute Gasteiger partial charge is 0.123 e. The van der Waals surface area contributed by atoms with Crippen LogP contribution in [-0.2, 0) is 0 Å². The van der Waals surface area contributed by atoms with Gasteiger partial charge in [-0.15, -0.1) is 0 Å². The minimum atomic E-state index is -0.196. The molecule has 0 saturated carbocycles. The SMILES string of the molecule is CNC(C)c1ccc(F)cc1-c1cccc(C)c1. The van der Waals surface area contributed by atoms with Crippen molar-refractivity contribution in [1.82, 2.24) is 5.32 Å². The molecule has 1 atom stereocenters. The molecule has 0 aliphatic carbocycles. The fourth-order valence-corrected chi connectivity index (χ4v) is 2.12. The lowest BCUT2D eigenvalue weighted by molar-refractivity contribution is 0.620. The zero-order valence-electron chi connectivity index (χ0n) is 11.0.